The molecule has 1 aromatic rings. The van der Waals surface area contributed by atoms with Gasteiger partial charge in [-0.15, -0.1) is 10.2 Å². The van der Waals surface area contributed by atoms with Gasteiger partial charge < -0.3 is 5.11 Å². The first-order valence-corrected chi connectivity index (χ1v) is 9.88. The second-order valence-corrected chi connectivity index (χ2v) is 6.84. The SMILES string of the molecule is C=C(O)CCCCCCCCCCCCCCCCc1nn[nH]n1. The number of tetrazole rings is 1. The molecule has 1 rings (SSSR count). The summed E-state index contributed by atoms with van der Waals surface area (Å²) in [6, 6.07) is 0. The van der Waals surface area contributed by atoms with Crippen LogP contribution < -0.4 is 0 Å². The van der Waals surface area contributed by atoms with Crippen molar-refractivity contribution in [2.24, 2.45) is 0 Å². The highest BCUT2D eigenvalue weighted by molar-refractivity contribution is 4.77. The predicted molar refractivity (Wildman–Crippen MR) is 98.9 cm³/mol. The third-order valence-corrected chi connectivity index (χ3v) is 4.50. The number of unbranched alkanes of at least 4 members (excludes halogenated alkanes) is 13. The van der Waals surface area contributed by atoms with Crippen molar-refractivity contribution in [2.75, 3.05) is 0 Å². The Balaban J connectivity index is 1.68. The molecule has 0 saturated heterocycles. The second-order valence-electron chi connectivity index (χ2n) is 6.84. The average Bonchev–Trinajstić information content (AvgIpc) is 3.07. The molecular weight excluding hydrogens is 300 g/mol. The minimum Gasteiger partial charge on any atom is -0.513 e. The number of aromatic amines is 1. The third-order valence-electron chi connectivity index (χ3n) is 4.50. The first kappa shape index (κ1) is 20.7. The van der Waals surface area contributed by atoms with Crippen molar-refractivity contribution < 1.29 is 5.11 Å². The molecule has 1 aromatic heterocycles. The summed E-state index contributed by atoms with van der Waals surface area (Å²) in [5, 5.41) is 23.0. The third kappa shape index (κ3) is 13.1. The van der Waals surface area contributed by atoms with Gasteiger partial charge in [0.15, 0.2) is 5.82 Å². The van der Waals surface area contributed by atoms with Gasteiger partial charge in [-0.1, -0.05) is 88.8 Å². The van der Waals surface area contributed by atoms with Crippen LogP contribution in [0.4, 0.5) is 0 Å². The maximum atomic E-state index is 8.99. The molecule has 24 heavy (non-hydrogen) atoms. The van der Waals surface area contributed by atoms with E-state index in [0.717, 1.165) is 25.1 Å². The quantitative estimate of drug-likeness (QED) is 0.284. The summed E-state index contributed by atoms with van der Waals surface area (Å²) in [5.41, 5.74) is 0. The van der Waals surface area contributed by atoms with Gasteiger partial charge in [0.25, 0.3) is 0 Å². The molecule has 0 aromatic carbocycles. The second kappa shape index (κ2) is 15.2. The standard InChI is InChI=1S/C19H36N4O/c1-18(24)16-14-12-10-8-6-4-2-3-5-7-9-11-13-15-17-19-20-22-23-21-19/h24H,1-17H2,(H,20,21,22,23). The fraction of sp³-hybridized carbons (Fsp3) is 0.842. The van der Waals surface area contributed by atoms with Crippen LogP contribution in [0.15, 0.2) is 12.3 Å². The lowest BCUT2D eigenvalue weighted by Gasteiger charge is -2.03. The summed E-state index contributed by atoms with van der Waals surface area (Å²) >= 11 is 0. The molecule has 0 aliphatic heterocycles. The number of aryl methyl sites for hydroxylation is 1. The van der Waals surface area contributed by atoms with Crippen LogP contribution in [0, 0.1) is 0 Å². The number of aromatic nitrogens is 4. The molecule has 2 N–H and O–H groups in total. The van der Waals surface area contributed by atoms with Gasteiger partial charge in [-0.05, 0) is 12.8 Å². The van der Waals surface area contributed by atoms with E-state index in [9.17, 15) is 0 Å². The summed E-state index contributed by atoms with van der Waals surface area (Å²) < 4.78 is 0. The van der Waals surface area contributed by atoms with Crippen molar-refractivity contribution in [1.82, 2.24) is 20.6 Å². The smallest absolute Gasteiger partial charge is 0.174 e. The van der Waals surface area contributed by atoms with E-state index < -0.39 is 0 Å². The number of allylic oxidation sites excluding steroid dienone is 1. The molecule has 5 nitrogen and oxygen atoms in total. The molecule has 0 amide bonds. The summed E-state index contributed by atoms with van der Waals surface area (Å²) in [4.78, 5) is 0. The number of hydrogen-bond donors (Lipinski definition) is 2. The van der Waals surface area contributed by atoms with E-state index in [-0.39, 0.29) is 0 Å². The van der Waals surface area contributed by atoms with E-state index >= 15 is 0 Å². The zero-order valence-corrected chi connectivity index (χ0v) is 15.3. The Hall–Kier alpha value is -1.39. The summed E-state index contributed by atoms with van der Waals surface area (Å²) in [7, 11) is 0. The van der Waals surface area contributed by atoms with E-state index in [4.69, 9.17) is 5.11 Å². The topological polar surface area (TPSA) is 74.7 Å². The first-order chi connectivity index (χ1) is 11.8. The van der Waals surface area contributed by atoms with E-state index in [2.05, 4.69) is 27.2 Å². The Morgan fingerprint density at radius 2 is 1.21 bits per heavy atom. The van der Waals surface area contributed by atoms with Gasteiger partial charge in [-0.25, -0.2) is 0 Å². The van der Waals surface area contributed by atoms with Crippen molar-refractivity contribution in [1.29, 1.82) is 0 Å². The number of rotatable bonds is 17. The van der Waals surface area contributed by atoms with Gasteiger partial charge >= 0.3 is 0 Å². The van der Waals surface area contributed by atoms with Crippen molar-refractivity contribution in [3.63, 3.8) is 0 Å². The number of H-pyrrole nitrogens is 1. The van der Waals surface area contributed by atoms with Gasteiger partial charge in [0.1, 0.15) is 0 Å². The Morgan fingerprint density at radius 3 is 1.62 bits per heavy atom. The molecular formula is C19H36N4O. The maximum absolute atomic E-state index is 8.99. The molecule has 0 atom stereocenters. The van der Waals surface area contributed by atoms with E-state index in [0.29, 0.717) is 5.76 Å². The van der Waals surface area contributed by atoms with Crippen LogP contribution in [0.5, 0.6) is 0 Å². The number of nitrogens with zero attached hydrogens (tertiary/aromatic N) is 3. The molecule has 138 valence electrons. The zero-order chi connectivity index (χ0) is 17.3. The summed E-state index contributed by atoms with van der Waals surface area (Å²) in [5.74, 6) is 1.18. The van der Waals surface area contributed by atoms with Gasteiger partial charge in [0, 0.05) is 12.8 Å². The van der Waals surface area contributed by atoms with Crippen LogP contribution in [-0.2, 0) is 6.42 Å². The average molecular weight is 337 g/mol. The Bertz CT molecular complexity index is 392. The lowest BCUT2D eigenvalue weighted by atomic mass is 10.0. The molecule has 0 radical (unpaired) electrons. The first-order valence-electron chi connectivity index (χ1n) is 9.88. The van der Waals surface area contributed by atoms with Crippen LogP contribution >= 0.6 is 0 Å². The predicted octanol–water partition coefficient (Wildman–Crippen LogP) is 5.67. The monoisotopic (exact) mass is 336 g/mol. The normalized spacial score (nSPS) is 11.0. The number of aliphatic hydroxyl groups excluding tert-OH is 1. The highest BCUT2D eigenvalue weighted by Crippen LogP contribution is 2.14. The van der Waals surface area contributed by atoms with Gasteiger partial charge in [0.05, 0.1) is 5.76 Å². The molecule has 0 bridgehead atoms. The fourth-order valence-corrected chi connectivity index (χ4v) is 3.02. The summed E-state index contributed by atoms with van der Waals surface area (Å²) in [6.07, 6.45) is 20.2. The van der Waals surface area contributed by atoms with Crippen LogP contribution in [0.2, 0.25) is 0 Å². The molecule has 0 fully saturated rings. The van der Waals surface area contributed by atoms with Gasteiger partial charge in [-0.3, -0.25) is 0 Å². The molecule has 0 saturated carbocycles. The van der Waals surface area contributed by atoms with E-state index in [1.54, 1.807) is 0 Å². The van der Waals surface area contributed by atoms with Crippen molar-refractivity contribution in [3.8, 4) is 0 Å². The van der Waals surface area contributed by atoms with Gasteiger partial charge in [0.2, 0.25) is 0 Å². The maximum Gasteiger partial charge on any atom is 0.174 e. The molecule has 0 spiro atoms. The number of hydrogen-bond acceptors (Lipinski definition) is 4. The van der Waals surface area contributed by atoms with Crippen LogP contribution in [0.3, 0.4) is 0 Å². The lowest BCUT2D eigenvalue weighted by Crippen LogP contribution is -1.89. The minimum atomic E-state index is 0.335. The Morgan fingerprint density at radius 1 is 0.750 bits per heavy atom. The van der Waals surface area contributed by atoms with E-state index in [1.165, 1.54) is 83.5 Å². The lowest BCUT2D eigenvalue weighted by molar-refractivity contribution is 0.383. The van der Waals surface area contributed by atoms with Crippen LogP contribution in [0.25, 0.3) is 0 Å². The minimum absolute atomic E-state index is 0.335. The molecule has 5 heteroatoms. The highest BCUT2D eigenvalue weighted by atomic mass is 16.3. The highest BCUT2D eigenvalue weighted by Gasteiger charge is 1.98. The van der Waals surface area contributed by atoms with Crippen molar-refractivity contribution in [2.45, 2.75) is 103 Å². The molecule has 0 aliphatic rings. The van der Waals surface area contributed by atoms with Crippen molar-refractivity contribution >= 4 is 0 Å². The number of nitrogens with one attached hydrogen (secondary N) is 1. The molecule has 1 heterocycles. The largest absolute Gasteiger partial charge is 0.513 e. The molecule has 0 aliphatic carbocycles. The fourth-order valence-electron chi connectivity index (χ4n) is 3.02. The summed E-state index contributed by atoms with van der Waals surface area (Å²) in [6.45, 7) is 3.52. The van der Waals surface area contributed by atoms with Crippen molar-refractivity contribution in [3.05, 3.63) is 18.2 Å². The van der Waals surface area contributed by atoms with Crippen LogP contribution in [-0.4, -0.2) is 25.7 Å². The van der Waals surface area contributed by atoms with E-state index in [1.807, 2.05) is 0 Å². The zero-order valence-electron chi connectivity index (χ0n) is 15.3. The number of aliphatic hydroxyl groups is 1. The molecule has 0 unspecified atom stereocenters. The van der Waals surface area contributed by atoms with Gasteiger partial charge in [-0.2, -0.15) is 5.21 Å². The Labute approximate surface area is 147 Å². The van der Waals surface area contributed by atoms with Crippen LogP contribution in [0.1, 0.15) is 102 Å². The Kier molecular flexibility index (Phi) is 13.0.